The average Bonchev–Trinajstić information content (AvgIpc) is 3.74. The molecule has 0 saturated heterocycles. The summed E-state index contributed by atoms with van der Waals surface area (Å²) in [7, 11) is 0. The Balaban J connectivity index is 1.09. The van der Waals surface area contributed by atoms with E-state index in [0.29, 0.717) is 0 Å². The maximum atomic E-state index is 6.71. The number of hydrogen-bond acceptors (Lipinski definition) is 2. The Morgan fingerprint density at radius 3 is 2.05 bits per heavy atom. The third-order valence-electron chi connectivity index (χ3n) is 13.5. The Labute approximate surface area is 340 Å². The highest BCUT2D eigenvalue weighted by atomic mass is 16.4. The molecule has 1 aliphatic carbocycles. The van der Waals surface area contributed by atoms with Gasteiger partial charge >= 0.3 is 0 Å². The summed E-state index contributed by atoms with van der Waals surface area (Å²) in [5.41, 5.74) is 15.0. The van der Waals surface area contributed by atoms with Crippen molar-refractivity contribution in [2.45, 2.75) is 64.3 Å². The zero-order valence-electron chi connectivity index (χ0n) is 33.9. The molecule has 3 heteroatoms. The Morgan fingerprint density at radius 1 is 0.586 bits per heavy atom. The number of anilines is 1. The van der Waals surface area contributed by atoms with Crippen molar-refractivity contribution in [1.29, 1.82) is 0 Å². The lowest BCUT2D eigenvalue weighted by Crippen LogP contribution is -2.33. The van der Waals surface area contributed by atoms with Crippen molar-refractivity contribution in [3.8, 4) is 16.8 Å². The van der Waals surface area contributed by atoms with Gasteiger partial charge in [-0.15, -0.1) is 0 Å². The van der Waals surface area contributed by atoms with Crippen molar-refractivity contribution in [2.75, 3.05) is 5.32 Å². The van der Waals surface area contributed by atoms with Gasteiger partial charge in [0.05, 0.1) is 22.6 Å². The van der Waals surface area contributed by atoms with Gasteiger partial charge in [0.15, 0.2) is 0 Å². The number of para-hydroxylation sites is 1. The van der Waals surface area contributed by atoms with Crippen molar-refractivity contribution in [3.05, 3.63) is 186 Å². The molecule has 9 aromatic rings. The molecule has 3 heterocycles. The summed E-state index contributed by atoms with van der Waals surface area (Å²) in [5.74, 6) is 0.966. The standard InChI is InChI=1S/C55H48N2O/c1-34-30-44(38-24-22-36(23-25-38)35-14-7-6-8-15-35)50-43-20-11-12-21-49(43)58-53(50)56-51(34)39-17-13-18-40(31-39)57-48-33-47-46(54(2,3)28-29-55(47,4)5)32-45(48)42-27-26-37-16-9-10-19-41(37)52(42)57/h6-27,30-34,51,56H,28-29H2,1-5H3. The number of rotatable bonds is 4. The number of hydrogen-bond donors (Lipinski definition) is 1. The third kappa shape index (κ3) is 5.40. The molecule has 7 aromatic carbocycles. The number of nitrogens with one attached hydrogen (secondary N) is 1. The van der Waals surface area contributed by atoms with Crippen LogP contribution in [0.4, 0.5) is 5.88 Å². The van der Waals surface area contributed by atoms with Gasteiger partial charge < -0.3 is 14.3 Å². The number of aromatic nitrogens is 1. The van der Waals surface area contributed by atoms with Crippen LogP contribution in [-0.2, 0) is 10.8 Å². The largest absolute Gasteiger partial charge is 0.440 e. The van der Waals surface area contributed by atoms with Gasteiger partial charge in [0.2, 0.25) is 5.88 Å². The van der Waals surface area contributed by atoms with Crippen molar-refractivity contribution in [1.82, 2.24) is 4.57 Å². The minimum atomic E-state index is -0.0299. The van der Waals surface area contributed by atoms with Gasteiger partial charge in [-0.25, -0.2) is 0 Å². The van der Waals surface area contributed by atoms with E-state index in [1.165, 1.54) is 90.1 Å². The highest BCUT2D eigenvalue weighted by molar-refractivity contribution is 6.19. The van der Waals surface area contributed by atoms with Crippen LogP contribution in [0.25, 0.3) is 65.9 Å². The smallest absolute Gasteiger partial charge is 0.202 e. The normalized spacial score (nSPS) is 18.5. The first-order chi connectivity index (χ1) is 28.1. The van der Waals surface area contributed by atoms with Crippen LogP contribution in [0.5, 0.6) is 0 Å². The highest BCUT2D eigenvalue weighted by Crippen LogP contribution is 2.50. The summed E-state index contributed by atoms with van der Waals surface area (Å²) < 4.78 is 9.27. The minimum Gasteiger partial charge on any atom is -0.440 e. The molecule has 2 atom stereocenters. The highest BCUT2D eigenvalue weighted by Gasteiger charge is 2.38. The van der Waals surface area contributed by atoms with E-state index in [4.69, 9.17) is 4.42 Å². The van der Waals surface area contributed by atoms with Crippen LogP contribution < -0.4 is 5.32 Å². The van der Waals surface area contributed by atoms with Crippen molar-refractivity contribution < 1.29 is 4.42 Å². The van der Waals surface area contributed by atoms with Crippen molar-refractivity contribution in [3.63, 3.8) is 0 Å². The maximum absolute atomic E-state index is 6.71. The molecule has 2 unspecified atom stereocenters. The van der Waals surface area contributed by atoms with Gasteiger partial charge in [0.25, 0.3) is 0 Å². The molecule has 0 bridgehead atoms. The first kappa shape index (κ1) is 34.9. The monoisotopic (exact) mass is 752 g/mol. The predicted molar refractivity (Wildman–Crippen MR) is 244 cm³/mol. The molecule has 2 aliphatic rings. The van der Waals surface area contributed by atoms with E-state index in [-0.39, 0.29) is 22.8 Å². The van der Waals surface area contributed by atoms with Crippen LogP contribution in [-0.4, -0.2) is 4.57 Å². The molecule has 1 aliphatic heterocycles. The predicted octanol–water partition coefficient (Wildman–Crippen LogP) is 14.9. The van der Waals surface area contributed by atoms with Crippen LogP contribution in [0, 0.1) is 5.92 Å². The van der Waals surface area contributed by atoms with Crippen LogP contribution in [0.1, 0.15) is 81.3 Å². The third-order valence-corrected chi connectivity index (χ3v) is 13.5. The lowest BCUT2D eigenvalue weighted by Gasteiger charge is -2.42. The van der Waals surface area contributed by atoms with E-state index < -0.39 is 0 Å². The minimum absolute atomic E-state index is 0.0299. The molecule has 0 amide bonds. The SMILES string of the molecule is CC1C=C(c2ccc(-c3ccccc3)cc2)c2c(oc3ccccc23)NC1c1cccc(-n2c3cc4c(cc3c3ccc5ccccc5c32)C(C)(C)CCC4(C)C)c1. The van der Waals surface area contributed by atoms with Crippen molar-refractivity contribution >= 4 is 55.0 Å². The lowest BCUT2D eigenvalue weighted by molar-refractivity contribution is 0.332. The number of fused-ring (bicyclic) bond motifs is 9. The first-order valence-corrected chi connectivity index (χ1v) is 20.9. The summed E-state index contributed by atoms with van der Waals surface area (Å²) in [6.45, 7) is 12.1. The van der Waals surface area contributed by atoms with Crippen LogP contribution in [0.2, 0.25) is 0 Å². The molecule has 2 aromatic heterocycles. The second kappa shape index (κ2) is 12.8. The molecule has 3 nitrogen and oxygen atoms in total. The van der Waals surface area contributed by atoms with Gasteiger partial charge in [-0.3, -0.25) is 0 Å². The number of nitrogens with zero attached hydrogens (tertiary/aromatic N) is 1. The Hall–Kier alpha value is -6.32. The quantitative estimate of drug-likeness (QED) is 0.194. The molecule has 0 radical (unpaired) electrons. The van der Waals surface area contributed by atoms with E-state index in [9.17, 15) is 0 Å². The lowest BCUT2D eigenvalue weighted by atomic mass is 9.63. The van der Waals surface area contributed by atoms with Gasteiger partial charge in [0.1, 0.15) is 5.58 Å². The van der Waals surface area contributed by atoms with Crippen LogP contribution in [0.3, 0.4) is 0 Å². The van der Waals surface area contributed by atoms with Gasteiger partial charge in [-0.2, -0.15) is 0 Å². The molecule has 0 fully saturated rings. The van der Waals surface area contributed by atoms with E-state index in [1.54, 1.807) is 0 Å². The Morgan fingerprint density at radius 2 is 1.26 bits per heavy atom. The van der Waals surface area contributed by atoms with Gasteiger partial charge in [-0.1, -0.05) is 162 Å². The summed E-state index contributed by atoms with van der Waals surface area (Å²) in [6.07, 6.45) is 4.83. The summed E-state index contributed by atoms with van der Waals surface area (Å²) in [5, 5.41) is 10.2. The van der Waals surface area contributed by atoms with Crippen LogP contribution in [0.15, 0.2) is 162 Å². The van der Waals surface area contributed by atoms with Crippen molar-refractivity contribution in [2.24, 2.45) is 5.92 Å². The molecular weight excluding hydrogens is 705 g/mol. The van der Waals surface area contributed by atoms with E-state index in [2.05, 4.69) is 202 Å². The van der Waals surface area contributed by atoms with E-state index in [0.717, 1.165) is 22.4 Å². The van der Waals surface area contributed by atoms with E-state index >= 15 is 0 Å². The molecule has 0 spiro atoms. The fourth-order valence-electron chi connectivity index (χ4n) is 10.2. The second-order valence-corrected chi connectivity index (χ2v) is 18.1. The average molecular weight is 753 g/mol. The second-order valence-electron chi connectivity index (χ2n) is 18.1. The fourth-order valence-corrected chi connectivity index (χ4v) is 10.2. The fraction of sp³-hybridized carbons (Fsp3) is 0.200. The van der Waals surface area contributed by atoms with Crippen LogP contribution >= 0.6 is 0 Å². The molecule has 11 rings (SSSR count). The Bertz CT molecular complexity index is 3100. The molecular formula is C55H48N2O. The maximum Gasteiger partial charge on any atom is 0.202 e. The number of furan rings is 1. The zero-order valence-corrected chi connectivity index (χ0v) is 33.9. The van der Waals surface area contributed by atoms with Gasteiger partial charge in [0, 0.05) is 27.2 Å². The molecule has 284 valence electrons. The zero-order chi connectivity index (χ0) is 39.3. The summed E-state index contributed by atoms with van der Waals surface area (Å²) in [4.78, 5) is 0. The van der Waals surface area contributed by atoms with Gasteiger partial charge in [-0.05, 0) is 104 Å². The summed E-state index contributed by atoms with van der Waals surface area (Å²) in [6, 6.07) is 55.8. The molecule has 1 N–H and O–H groups in total. The molecule has 58 heavy (non-hydrogen) atoms. The van der Waals surface area contributed by atoms with E-state index in [1.807, 2.05) is 0 Å². The summed E-state index contributed by atoms with van der Waals surface area (Å²) >= 11 is 0. The topological polar surface area (TPSA) is 30.1 Å². The molecule has 0 saturated carbocycles. The number of benzene rings is 7. The first-order valence-electron chi connectivity index (χ1n) is 20.9. The Kier molecular flexibility index (Phi) is 7.73.